The summed E-state index contributed by atoms with van der Waals surface area (Å²) >= 11 is 0. The largest absolute Gasteiger partial charge is 0.481 e. The van der Waals surface area contributed by atoms with Crippen LogP contribution in [0.4, 0.5) is 0 Å². The van der Waals surface area contributed by atoms with Gasteiger partial charge in [-0.15, -0.1) is 0 Å². The molecule has 0 saturated carbocycles. The highest BCUT2D eigenvalue weighted by Crippen LogP contribution is 2.20. The monoisotopic (exact) mass is 482 g/mol. The first kappa shape index (κ1) is 32.9. The smallest absolute Gasteiger partial charge is 0.306 e. The van der Waals surface area contributed by atoms with E-state index in [4.69, 9.17) is 5.11 Å². The zero-order valence-electron chi connectivity index (χ0n) is 22.7. The lowest BCUT2D eigenvalue weighted by atomic mass is 9.94. The number of carboxylic acid groups (broad SMARTS) is 2. The lowest BCUT2D eigenvalue weighted by molar-refractivity contribution is -0.142. The van der Waals surface area contributed by atoms with Crippen LogP contribution in [0.3, 0.4) is 0 Å². The van der Waals surface area contributed by atoms with Crippen LogP contribution in [0.2, 0.25) is 0 Å². The van der Waals surface area contributed by atoms with E-state index in [2.05, 4.69) is 6.92 Å². The standard InChI is InChI=1S/C30H58O4/c1-2-3-4-5-6-16-19-22-25-28(30(33)34)26-23-20-17-14-12-10-8-7-9-11-13-15-18-21-24-27-29(31)32/h28H,2-27H2,1H3,(H,31,32)(H,33,34). The fourth-order valence-electron chi connectivity index (χ4n) is 4.88. The van der Waals surface area contributed by atoms with E-state index in [0.29, 0.717) is 6.42 Å². The zero-order chi connectivity index (χ0) is 25.1. The fraction of sp³-hybridized carbons (Fsp3) is 0.933. The summed E-state index contributed by atoms with van der Waals surface area (Å²) in [5, 5.41) is 18.1. The molecule has 0 fully saturated rings. The molecule has 0 saturated heterocycles. The molecular formula is C30H58O4. The molecule has 0 aromatic carbocycles. The van der Waals surface area contributed by atoms with Gasteiger partial charge in [-0.2, -0.15) is 0 Å². The molecule has 2 N–H and O–H groups in total. The first-order valence-corrected chi connectivity index (χ1v) is 15.0. The van der Waals surface area contributed by atoms with Crippen LogP contribution >= 0.6 is 0 Å². The third-order valence-electron chi connectivity index (χ3n) is 7.20. The second-order valence-corrected chi connectivity index (χ2v) is 10.5. The van der Waals surface area contributed by atoms with E-state index >= 15 is 0 Å². The SMILES string of the molecule is CCCCCCCCCCC(CCCCCCCCCCCCCCCCCC(=O)O)C(=O)O. The summed E-state index contributed by atoms with van der Waals surface area (Å²) in [7, 11) is 0. The molecule has 0 radical (unpaired) electrons. The predicted octanol–water partition coefficient (Wildman–Crippen LogP) is 9.93. The Hall–Kier alpha value is -1.06. The van der Waals surface area contributed by atoms with E-state index in [0.717, 1.165) is 38.5 Å². The number of aliphatic carboxylic acids is 2. The molecule has 34 heavy (non-hydrogen) atoms. The summed E-state index contributed by atoms with van der Waals surface area (Å²) in [6, 6.07) is 0. The summed E-state index contributed by atoms with van der Waals surface area (Å²) in [6.07, 6.45) is 30.7. The van der Waals surface area contributed by atoms with Crippen molar-refractivity contribution in [2.45, 2.75) is 174 Å². The highest BCUT2D eigenvalue weighted by molar-refractivity contribution is 5.69. The molecule has 0 aromatic heterocycles. The maximum atomic E-state index is 11.5. The van der Waals surface area contributed by atoms with E-state index in [9.17, 15) is 14.7 Å². The Labute approximate surface area is 211 Å². The van der Waals surface area contributed by atoms with Gasteiger partial charge in [0.25, 0.3) is 0 Å². The number of hydrogen-bond acceptors (Lipinski definition) is 2. The van der Waals surface area contributed by atoms with Gasteiger partial charge in [0.1, 0.15) is 0 Å². The third-order valence-corrected chi connectivity index (χ3v) is 7.20. The predicted molar refractivity (Wildman–Crippen MR) is 144 cm³/mol. The van der Waals surface area contributed by atoms with Crippen LogP contribution in [0, 0.1) is 5.92 Å². The van der Waals surface area contributed by atoms with Gasteiger partial charge in [-0.3, -0.25) is 9.59 Å². The van der Waals surface area contributed by atoms with Gasteiger partial charge in [0.05, 0.1) is 5.92 Å². The van der Waals surface area contributed by atoms with Crippen LogP contribution in [0.15, 0.2) is 0 Å². The summed E-state index contributed by atoms with van der Waals surface area (Å²) in [5.74, 6) is -1.37. The van der Waals surface area contributed by atoms with Gasteiger partial charge < -0.3 is 10.2 Å². The summed E-state index contributed by atoms with van der Waals surface area (Å²) in [5.41, 5.74) is 0. The molecule has 0 aromatic rings. The van der Waals surface area contributed by atoms with Gasteiger partial charge in [0.15, 0.2) is 0 Å². The normalized spacial score (nSPS) is 12.1. The van der Waals surface area contributed by atoms with Gasteiger partial charge in [-0.05, 0) is 19.3 Å². The first-order valence-electron chi connectivity index (χ1n) is 15.0. The number of carbonyl (C=O) groups is 2. The molecule has 4 nitrogen and oxygen atoms in total. The average Bonchev–Trinajstić information content (AvgIpc) is 2.80. The Morgan fingerprint density at radius 2 is 0.765 bits per heavy atom. The van der Waals surface area contributed by atoms with E-state index in [1.54, 1.807) is 0 Å². The molecule has 202 valence electrons. The number of unbranched alkanes of at least 4 members (excludes halogenated alkanes) is 21. The Morgan fingerprint density at radius 3 is 1.06 bits per heavy atom. The van der Waals surface area contributed by atoms with Crippen molar-refractivity contribution in [3.05, 3.63) is 0 Å². The molecular weight excluding hydrogens is 424 g/mol. The molecule has 0 aliphatic carbocycles. The molecule has 4 heteroatoms. The Kier molecular flexibility index (Phi) is 25.7. The van der Waals surface area contributed by atoms with Crippen molar-refractivity contribution in [1.82, 2.24) is 0 Å². The maximum Gasteiger partial charge on any atom is 0.306 e. The molecule has 0 bridgehead atoms. The lowest BCUT2D eigenvalue weighted by Crippen LogP contribution is -2.13. The van der Waals surface area contributed by atoms with Crippen LogP contribution in [-0.2, 0) is 9.59 Å². The zero-order valence-corrected chi connectivity index (χ0v) is 22.7. The average molecular weight is 483 g/mol. The molecule has 0 rings (SSSR count). The number of rotatable bonds is 28. The van der Waals surface area contributed by atoms with Crippen LogP contribution in [0.5, 0.6) is 0 Å². The minimum atomic E-state index is -0.670. The quantitative estimate of drug-likeness (QED) is 0.109. The minimum Gasteiger partial charge on any atom is -0.481 e. The molecule has 0 heterocycles. The van der Waals surface area contributed by atoms with Crippen molar-refractivity contribution < 1.29 is 19.8 Å². The number of hydrogen-bond donors (Lipinski definition) is 2. The molecule has 0 aliphatic rings. The van der Waals surface area contributed by atoms with Gasteiger partial charge in [-0.25, -0.2) is 0 Å². The van der Waals surface area contributed by atoms with Gasteiger partial charge in [-0.1, -0.05) is 148 Å². The van der Waals surface area contributed by atoms with E-state index in [1.807, 2.05) is 0 Å². The van der Waals surface area contributed by atoms with Crippen molar-refractivity contribution >= 4 is 11.9 Å². The molecule has 0 amide bonds. The van der Waals surface area contributed by atoms with Crippen molar-refractivity contribution in [1.29, 1.82) is 0 Å². The van der Waals surface area contributed by atoms with Crippen LogP contribution < -0.4 is 0 Å². The fourth-order valence-corrected chi connectivity index (χ4v) is 4.88. The summed E-state index contributed by atoms with van der Waals surface area (Å²) in [4.78, 5) is 22.0. The topological polar surface area (TPSA) is 74.6 Å². The van der Waals surface area contributed by atoms with E-state index < -0.39 is 11.9 Å². The van der Waals surface area contributed by atoms with Gasteiger partial charge in [0, 0.05) is 6.42 Å². The molecule has 1 atom stereocenters. The molecule has 0 spiro atoms. The van der Waals surface area contributed by atoms with E-state index in [-0.39, 0.29) is 5.92 Å². The Bertz CT molecular complexity index is 449. The van der Waals surface area contributed by atoms with Crippen LogP contribution in [0.25, 0.3) is 0 Å². The Morgan fingerprint density at radius 1 is 0.471 bits per heavy atom. The van der Waals surface area contributed by atoms with E-state index in [1.165, 1.54) is 122 Å². The van der Waals surface area contributed by atoms with Crippen molar-refractivity contribution in [3.63, 3.8) is 0 Å². The second-order valence-electron chi connectivity index (χ2n) is 10.5. The van der Waals surface area contributed by atoms with Crippen molar-refractivity contribution in [2.24, 2.45) is 5.92 Å². The van der Waals surface area contributed by atoms with Gasteiger partial charge >= 0.3 is 11.9 Å². The second kappa shape index (κ2) is 26.5. The first-order chi connectivity index (χ1) is 16.6. The summed E-state index contributed by atoms with van der Waals surface area (Å²) in [6.45, 7) is 2.25. The van der Waals surface area contributed by atoms with Crippen LogP contribution in [-0.4, -0.2) is 22.2 Å². The molecule has 0 aliphatic heterocycles. The maximum absolute atomic E-state index is 11.5. The van der Waals surface area contributed by atoms with Crippen LogP contribution in [0.1, 0.15) is 174 Å². The highest BCUT2D eigenvalue weighted by atomic mass is 16.4. The van der Waals surface area contributed by atoms with Gasteiger partial charge in [0.2, 0.25) is 0 Å². The number of carboxylic acids is 2. The lowest BCUT2D eigenvalue weighted by Gasteiger charge is -2.12. The minimum absolute atomic E-state index is 0.121. The van der Waals surface area contributed by atoms with Crippen molar-refractivity contribution in [3.8, 4) is 0 Å². The Balaban J connectivity index is 3.36. The molecule has 1 unspecified atom stereocenters. The third kappa shape index (κ3) is 25.6. The summed E-state index contributed by atoms with van der Waals surface area (Å²) < 4.78 is 0. The van der Waals surface area contributed by atoms with Crippen molar-refractivity contribution in [2.75, 3.05) is 0 Å². The highest BCUT2D eigenvalue weighted by Gasteiger charge is 2.16.